The van der Waals surface area contributed by atoms with Crippen LogP contribution in [0.25, 0.3) is 0 Å². The van der Waals surface area contributed by atoms with Gasteiger partial charge in [-0.1, -0.05) is 49.2 Å². The average Bonchev–Trinajstić information content (AvgIpc) is 3.40. The zero-order valence-electron chi connectivity index (χ0n) is 19.1. The van der Waals surface area contributed by atoms with Crippen LogP contribution in [0.15, 0.2) is 48.5 Å². The molecule has 0 spiro atoms. The van der Waals surface area contributed by atoms with Crippen LogP contribution in [0.4, 0.5) is 0 Å². The van der Waals surface area contributed by atoms with Gasteiger partial charge >= 0.3 is 0 Å². The summed E-state index contributed by atoms with van der Waals surface area (Å²) in [6.07, 6.45) is 3.96. The van der Waals surface area contributed by atoms with Crippen LogP contribution in [0.1, 0.15) is 49.8 Å². The van der Waals surface area contributed by atoms with Gasteiger partial charge in [-0.25, -0.2) is 0 Å². The van der Waals surface area contributed by atoms with Gasteiger partial charge in [-0.05, 0) is 54.9 Å². The Kier molecular flexibility index (Phi) is 5.11. The number of ether oxygens (including phenoxy) is 2. The minimum absolute atomic E-state index is 0.0129. The molecule has 1 amide bonds. The highest BCUT2D eigenvalue weighted by Crippen LogP contribution is 2.49. The normalized spacial score (nSPS) is 28.8. The van der Waals surface area contributed by atoms with Gasteiger partial charge < -0.3 is 19.9 Å². The van der Waals surface area contributed by atoms with Crippen molar-refractivity contribution in [3.8, 4) is 11.5 Å². The molecule has 33 heavy (non-hydrogen) atoms. The largest absolute Gasteiger partial charge is 0.454 e. The summed E-state index contributed by atoms with van der Waals surface area (Å²) in [4.78, 5) is 16.0. The molecule has 0 radical (unpaired) electrons. The topological polar surface area (TPSA) is 71.0 Å². The van der Waals surface area contributed by atoms with E-state index in [0.717, 1.165) is 55.8 Å². The number of carbonyl (C=O) groups is 1. The Hall–Kier alpha value is -2.57. The molecule has 2 heterocycles. The van der Waals surface area contributed by atoms with E-state index in [2.05, 4.69) is 29.3 Å². The Balaban J connectivity index is 1.11. The van der Waals surface area contributed by atoms with Crippen LogP contribution in [0.5, 0.6) is 11.5 Å². The standard InChI is InChI=1S/C27H32N2O4/c1-17(18-11-12-23-24(13-18)33-16-32-23)29-14-21-22(15-29)25(21)28-26(30)27(31,20-9-5-6-10-20)19-7-3-2-4-8-19/h2-4,7-8,11-13,17,20-22,25,31H,5-6,9-10,14-16H2,1H3,(H,28,30)/t17?,21-,22+,25?,27?. The van der Waals surface area contributed by atoms with E-state index in [-0.39, 0.29) is 23.9 Å². The molecule has 2 aliphatic heterocycles. The van der Waals surface area contributed by atoms with Crippen LogP contribution in [-0.2, 0) is 10.4 Å². The summed E-state index contributed by atoms with van der Waals surface area (Å²) in [7, 11) is 0. The van der Waals surface area contributed by atoms with Crippen LogP contribution in [-0.4, -0.2) is 41.8 Å². The third kappa shape index (κ3) is 3.51. The van der Waals surface area contributed by atoms with Crippen molar-refractivity contribution in [1.29, 1.82) is 0 Å². The van der Waals surface area contributed by atoms with Gasteiger partial charge in [0, 0.05) is 31.1 Å². The van der Waals surface area contributed by atoms with Gasteiger partial charge in [0.05, 0.1) is 0 Å². The first-order valence-corrected chi connectivity index (χ1v) is 12.3. The lowest BCUT2D eigenvalue weighted by Gasteiger charge is -2.34. The number of hydrogen-bond acceptors (Lipinski definition) is 5. The first-order valence-electron chi connectivity index (χ1n) is 12.3. The predicted octanol–water partition coefficient (Wildman–Crippen LogP) is 3.60. The van der Waals surface area contributed by atoms with Crippen molar-refractivity contribution in [2.75, 3.05) is 19.9 Å². The number of rotatable bonds is 6. The van der Waals surface area contributed by atoms with E-state index >= 15 is 0 Å². The summed E-state index contributed by atoms with van der Waals surface area (Å²) >= 11 is 0. The van der Waals surface area contributed by atoms with E-state index in [1.54, 1.807) is 0 Å². The van der Waals surface area contributed by atoms with Crippen molar-refractivity contribution in [2.45, 2.75) is 50.3 Å². The molecule has 1 saturated heterocycles. The van der Waals surface area contributed by atoms with Crippen molar-refractivity contribution < 1.29 is 19.4 Å². The molecule has 2 aliphatic carbocycles. The van der Waals surface area contributed by atoms with Crippen molar-refractivity contribution >= 4 is 5.91 Å². The van der Waals surface area contributed by atoms with Crippen molar-refractivity contribution in [3.63, 3.8) is 0 Å². The van der Waals surface area contributed by atoms with Crippen molar-refractivity contribution in [2.24, 2.45) is 17.8 Å². The van der Waals surface area contributed by atoms with Crippen molar-refractivity contribution in [3.05, 3.63) is 59.7 Å². The van der Waals surface area contributed by atoms with E-state index in [9.17, 15) is 9.90 Å². The lowest BCUT2D eigenvalue weighted by atomic mass is 9.79. The first kappa shape index (κ1) is 21.0. The molecule has 2 saturated carbocycles. The molecular weight excluding hydrogens is 416 g/mol. The number of nitrogens with zero attached hydrogens (tertiary/aromatic N) is 1. The Morgan fingerprint density at radius 2 is 1.76 bits per heavy atom. The van der Waals surface area contributed by atoms with E-state index in [0.29, 0.717) is 18.6 Å². The van der Waals surface area contributed by atoms with Gasteiger partial charge in [-0.3, -0.25) is 9.69 Å². The Labute approximate surface area is 194 Å². The molecule has 3 fully saturated rings. The van der Waals surface area contributed by atoms with Crippen LogP contribution >= 0.6 is 0 Å². The smallest absolute Gasteiger partial charge is 0.257 e. The van der Waals surface area contributed by atoms with Crippen LogP contribution in [0.2, 0.25) is 0 Å². The minimum Gasteiger partial charge on any atom is -0.454 e. The molecule has 2 N–H and O–H groups in total. The number of nitrogens with one attached hydrogen (secondary N) is 1. The lowest BCUT2D eigenvalue weighted by Crippen LogP contribution is -2.51. The Morgan fingerprint density at radius 1 is 1.06 bits per heavy atom. The molecule has 0 bridgehead atoms. The number of fused-ring (bicyclic) bond motifs is 2. The highest BCUT2D eigenvalue weighted by Gasteiger charge is 2.59. The third-order valence-electron chi connectivity index (χ3n) is 8.45. The quantitative estimate of drug-likeness (QED) is 0.707. The zero-order chi connectivity index (χ0) is 22.6. The van der Waals surface area contributed by atoms with E-state index in [4.69, 9.17) is 9.47 Å². The molecular formula is C27H32N2O4. The van der Waals surface area contributed by atoms with Crippen LogP contribution in [0.3, 0.4) is 0 Å². The summed E-state index contributed by atoms with van der Waals surface area (Å²) < 4.78 is 11.0. The van der Waals surface area contributed by atoms with Gasteiger partial charge in [0.2, 0.25) is 6.79 Å². The molecule has 6 heteroatoms. The number of amides is 1. The number of piperidine rings is 1. The number of carbonyl (C=O) groups excluding carboxylic acids is 1. The maximum Gasteiger partial charge on any atom is 0.257 e. The molecule has 2 aromatic rings. The minimum atomic E-state index is -1.44. The van der Waals surface area contributed by atoms with Gasteiger partial charge in [-0.15, -0.1) is 0 Å². The second-order valence-electron chi connectivity index (χ2n) is 10.2. The summed E-state index contributed by atoms with van der Waals surface area (Å²) in [6.45, 7) is 4.43. The van der Waals surface area contributed by atoms with E-state index < -0.39 is 5.60 Å². The van der Waals surface area contributed by atoms with Gasteiger partial charge in [0.25, 0.3) is 5.91 Å². The predicted molar refractivity (Wildman–Crippen MR) is 124 cm³/mol. The number of hydrogen-bond donors (Lipinski definition) is 2. The molecule has 3 unspecified atom stereocenters. The monoisotopic (exact) mass is 448 g/mol. The van der Waals surface area contributed by atoms with Gasteiger partial charge in [0.15, 0.2) is 17.1 Å². The average molecular weight is 449 g/mol. The van der Waals surface area contributed by atoms with Crippen molar-refractivity contribution in [1.82, 2.24) is 10.2 Å². The Morgan fingerprint density at radius 3 is 2.48 bits per heavy atom. The molecule has 5 atom stereocenters. The van der Waals surface area contributed by atoms with Crippen LogP contribution in [0, 0.1) is 17.8 Å². The lowest BCUT2D eigenvalue weighted by molar-refractivity contribution is -0.147. The van der Waals surface area contributed by atoms with Gasteiger partial charge in [-0.2, -0.15) is 0 Å². The summed E-state index contributed by atoms with van der Waals surface area (Å²) in [5.41, 5.74) is 0.507. The highest BCUT2D eigenvalue weighted by molar-refractivity contribution is 5.87. The fraction of sp³-hybridized carbons (Fsp3) is 0.519. The van der Waals surface area contributed by atoms with Crippen LogP contribution < -0.4 is 14.8 Å². The molecule has 4 aliphatic rings. The number of likely N-dealkylation sites (tertiary alicyclic amines) is 1. The maximum absolute atomic E-state index is 13.5. The third-order valence-corrected chi connectivity index (χ3v) is 8.45. The second kappa shape index (κ2) is 8.03. The summed E-state index contributed by atoms with van der Waals surface area (Å²) in [5, 5.41) is 15.0. The second-order valence-corrected chi connectivity index (χ2v) is 10.2. The Bertz CT molecular complexity index is 1030. The van der Waals surface area contributed by atoms with E-state index in [1.165, 1.54) is 5.56 Å². The summed E-state index contributed by atoms with van der Waals surface area (Å²) in [5.74, 6) is 2.31. The fourth-order valence-electron chi connectivity index (χ4n) is 6.32. The molecule has 174 valence electrons. The van der Waals surface area contributed by atoms with E-state index in [1.807, 2.05) is 36.4 Å². The summed E-state index contributed by atoms with van der Waals surface area (Å²) in [6, 6.07) is 16.1. The maximum atomic E-state index is 13.5. The molecule has 0 aromatic heterocycles. The highest BCUT2D eigenvalue weighted by atomic mass is 16.7. The van der Waals surface area contributed by atoms with Gasteiger partial charge in [0.1, 0.15) is 0 Å². The molecule has 6 rings (SSSR count). The molecule has 2 aromatic carbocycles. The first-order chi connectivity index (χ1) is 16.1. The zero-order valence-corrected chi connectivity index (χ0v) is 19.1. The number of benzene rings is 2. The number of aliphatic hydroxyl groups is 1. The SMILES string of the molecule is CC(c1ccc2c(c1)OCO2)N1C[C@@H]2C(NC(=O)C(O)(c3ccccc3)C3CCCC3)[C@@H]2C1. The fourth-order valence-corrected chi connectivity index (χ4v) is 6.32. The molecule has 6 nitrogen and oxygen atoms in total.